The van der Waals surface area contributed by atoms with E-state index in [0.717, 1.165) is 11.4 Å². The Hall–Kier alpha value is -2.19. The lowest BCUT2D eigenvalue weighted by molar-refractivity contribution is -0.0247. The number of carbonyl (C=O) groups is 1. The van der Waals surface area contributed by atoms with Gasteiger partial charge in [0.1, 0.15) is 6.10 Å². The molecule has 8 heteroatoms. The van der Waals surface area contributed by atoms with Crippen molar-refractivity contribution in [1.82, 2.24) is 24.9 Å². The van der Waals surface area contributed by atoms with Crippen molar-refractivity contribution < 1.29 is 14.6 Å². The van der Waals surface area contributed by atoms with E-state index in [-0.39, 0.29) is 18.6 Å². The van der Waals surface area contributed by atoms with E-state index in [2.05, 4.69) is 15.3 Å². The standard InChI is InChI=1S/C14H19N5O3/c1-18-8-10(7-15-18)14(21)19-3-5-22-13(9-19)12-6-11(2-4-20)16-17-12/h6-8,13,20H,2-5,9H2,1H3,(H,16,17). The number of aryl methyl sites for hydroxylation is 1. The van der Waals surface area contributed by atoms with Gasteiger partial charge in [-0.3, -0.25) is 14.6 Å². The van der Waals surface area contributed by atoms with Gasteiger partial charge in [0.15, 0.2) is 0 Å². The lowest BCUT2D eigenvalue weighted by Gasteiger charge is -2.31. The van der Waals surface area contributed by atoms with Crippen LogP contribution in [0, 0.1) is 0 Å². The summed E-state index contributed by atoms with van der Waals surface area (Å²) < 4.78 is 7.33. The number of aliphatic hydroxyl groups is 1. The molecule has 0 radical (unpaired) electrons. The first-order valence-electron chi connectivity index (χ1n) is 7.22. The number of hydrogen-bond donors (Lipinski definition) is 2. The predicted molar refractivity (Wildman–Crippen MR) is 77.2 cm³/mol. The van der Waals surface area contributed by atoms with Crippen molar-refractivity contribution in [2.75, 3.05) is 26.3 Å². The number of amides is 1. The van der Waals surface area contributed by atoms with Crippen LogP contribution in [-0.2, 0) is 18.2 Å². The number of rotatable bonds is 4. The van der Waals surface area contributed by atoms with Crippen LogP contribution in [0.3, 0.4) is 0 Å². The largest absolute Gasteiger partial charge is 0.396 e. The molecule has 3 rings (SSSR count). The molecule has 1 amide bonds. The lowest BCUT2D eigenvalue weighted by Crippen LogP contribution is -2.42. The Balaban J connectivity index is 1.69. The van der Waals surface area contributed by atoms with Crippen molar-refractivity contribution in [3.63, 3.8) is 0 Å². The summed E-state index contributed by atoms with van der Waals surface area (Å²) in [6, 6.07) is 1.87. The Bertz CT molecular complexity index is 650. The van der Waals surface area contributed by atoms with Crippen LogP contribution in [0.5, 0.6) is 0 Å². The minimum Gasteiger partial charge on any atom is -0.396 e. The SMILES string of the molecule is Cn1cc(C(=O)N2CCOC(c3cc(CCO)[nH]n3)C2)cn1. The third kappa shape index (κ3) is 3.02. The van der Waals surface area contributed by atoms with Crippen LogP contribution < -0.4 is 0 Å². The summed E-state index contributed by atoms with van der Waals surface area (Å²) in [5.41, 5.74) is 2.19. The Morgan fingerprint density at radius 3 is 3.18 bits per heavy atom. The molecule has 1 atom stereocenters. The number of morpholine rings is 1. The van der Waals surface area contributed by atoms with Gasteiger partial charge in [0, 0.05) is 38.5 Å². The molecule has 2 aromatic heterocycles. The third-order valence-corrected chi connectivity index (χ3v) is 3.67. The molecule has 22 heavy (non-hydrogen) atoms. The van der Waals surface area contributed by atoms with Crippen LogP contribution >= 0.6 is 0 Å². The Labute approximate surface area is 127 Å². The molecule has 2 aromatic rings. The summed E-state index contributed by atoms with van der Waals surface area (Å²) in [5, 5.41) is 20.1. The molecule has 3 heterocycles. The Morgan fingerprint density at radius 2 is 2.45 bits per heavy atom. The van der Waals surface area contributed by atoms with Gasteiger partial charge in [-0.05, 0) is 6.07 Å². The zero-order chi connectivity index (χ0) is 15.5. The maximum atomic E-state index is 12.5. The molecule has 0 saturated carbocycles. The first-order chi connectivity index (χ1) is 10.7. The second-order valence-corrected chi connectivity index (χ2v) is 5.30. The van der Waals surface area contributed by atoms with Gasteiger partial charge >= 0.3 is 0 Å². The molecule has 8 nitrogen and oxygen atoms in total. The number of aromatic amines is 1. The van der Waals surface area contributed by atoms with Crippen LogP contribution in [-0.4, -0.2) is 62.2 Å². The van der Waals surface area contributed by atoms with E-state index < -0.39 is 0 Å². The number of hydrogen-bond acceptors (Lipinski definition) is 5. The molecule has 1 unspecified atom stereocenters. The molecular formula is C14H19N5O3. The fourth-order valence-electron chi connectivity index (χ4n) is 2.52. The fourth-order valence-corrected chi connectivity index (χ4v) is 2.52. The van der Waals surface area contributed by atoms with Crippen LogP contribution in [0.4, 0.5) is 0 Å². The minimum atomic E-state index is -0.252. The van der Waals surface area contributed by atoms with Crippen LogP contribution in [0.2, 0.25) is 0 Å². The Kier molecular flexibility index (Phi) is 4.21. The number of ether oxygens (including phenoxy) is 1. The van der Waals surface area contributed by atoms with Gasteiger partial charge in [0.05, 0.1) is 30.6 Å². The average Bonchev–Trinajstić information content (AvgIpc) is 3.16. The van der Waals surface area contributed by atoms with E-state index in [0.29, 0.717) is 31.7 Å². The Morgan fingerprint density at radius 1 is 1.59 bits per heavy atom. The van der Waals surface area contributed by atoms with Crippen molar-refractivity contribution in [1.29, 1.82) is 0 Å². The van der Waals surface area contributed by atoms with Gasteiger partial charge in [-0.15, -0.1) is 0 Å². The van der Waals surface area contributed by atoms with Gasteiger partial charge in [0.2, 0.25) is 0 Å². The smallest absolute Gasteiger partial charge is 0.257 e. The van der Waals surface area contributed by atoms with Crippen molar-refractivity contribution in [2.24, 2.45) is 7.05 Å². The summed E-state index contributed by atoms with van der Waals surface area (Å²) in [6.07, 6.45) is 3.55. The average molecular weight is 305 g/mol. The normalized spacial score (nSPS) is 18.6. The van der Waals surface area contributed by atoms with Crippen molar-refractivity contribution in [2.45, 2.75) is 12.5 Å². The van der Waals surface area contributed by atoms with Crippen LogP contribution in [0.15, 0.2) is 18.5 Å². The van der Waals surface area contributed by atoms with Gasteiger partial charge < -0.3 is 14.7 Å². The summed E-state index contributed by atoms with van der Waals surface area (Å²) in [6.45, 7) is 1.55. The van der Waals surface area contributed by atoms with Gasteiger partial charge in [-0.2, -0.15) is 10.2 Å². The number of carbonyl (C=O) groups excluding carboxylic acids is 1. The third-order valence-electron chi connectivity index (χ3n) is 3.67. The van der Waals surface area contributed by atoms with E-state index in [1.165, 1.54) is 0 Å². The first kappa shape index (κ1) is 14.7. The summed E-state index contributed by atoms with van der Waals surface area (Å²) in [4.78, 5) is 14.2. The second kappa shape index (κ2) is 6.29. The van der Waals surface area contributed by atoms with Gasteiger partial charge in [-0.25, -0.2) is 0 Å². The quantitative estimate of drug-likeness (QED) is 0.822. The summed E-state index contributed by atoms with van der Waals surface area (Å²) in [5.74, 6) is -0.0486. The van der Waals surface area contributed by atoms with E-state index in [4.69, 9.17) is 9.84 Å². The van der Waals surface area contributed by atoms with E-state index in [9.17, 15) is 4.79 Å². The molecular weight excluding hydrogens is 286 g/mol. The maximum Gasteiger partial charge on any atom is 0.257 e. The highest BCUT2D eigenvalue weighted by Crippen LogP contribution is 2.22. The number of H-pyrrole nitrogens is 1. The van der Waals surface area contributed by atoms with Crippen molar-refractivity contribution >= 4 is 5.91 Å². The van der Waals surface area contributed by atoms with E-state index in [1.807, 2.05) is 6.07 Å². The molecule has 1 saturated heterocycles. The predicted octanol–water partition coefficient (Wildman–Crippen LogP) is -0.108. The first-order valence-corrected chi connectivity index (χ1v) is 7.22. The molecule has 0 bridgehead atoms. The number of aromatic nitrogens is 4. The molecule has 1 aliphatic rings. The fraction of sp³-hybridized carbons (Fsp3) is 0.500. The number of nitrogens with one attached hydrogen (secondary N) is 1. The highest BCUT2D eigenvalue weighted by molar-refractivity contribution is 5.93. The summed E-state index contributed by atoms with van der Waals surface area (Å²) in [7, 11) is 1.78. The van der Waals surface area contributed by atoms with Crippen LogP contribution in [0.1, 0.15) is 27.8 Å². The highest BCUT2D eigenvalue weighted by atomic mass is 16.5. The zero-order valence-electron chi connectivity index (χ0n) is 12.4. The second-order valence-electron chi connectivity index (χ2n) is 5.30. The molecule has 2 N–H and O–H groups in total. The monoisotopic (exact) mass is 305 g/mol. The molecule has 0 aliphatic carbocycles. The number of nitrogens with zero attached hydrogens (tertiary/aromatic N) is 4. The van der Waals surface area contributed by atoms with Gasteiger partial charge in [-0.1, -0.05) is 0 Å². The lowest BCUT2D eigenvalue weighted by atomic mass is 10.1. The van der Waals surface area contributed by atoms with Gasteiger partial charge in [0.25, 0.3) is 5.91 Å². The molecule has 0 spiro atoms. The molecule has 1 fully saturated rings. The van der Waals surface area contributed by atoms with Crippen molar-refractivity contribution in [3.8, 4) is 0 Å². The highest BCUT2D eigenvalue weighted by Gasteiger charge is 2.28. The topological polar surface area (TPSA) is 96.3 Å². The van der Waals surface area contributed by atoms with E-state index in [1.54, 1.807) is 29.0 Å². The summed E-state index contributed by atoms with van der Waals surface area (Å²) >= 11 is 0. The zero-order valence-corrected chi connectivity index (χ0v) is 12.4. The number of aliphatic hydroxyl groups excluding tert-OH is 1. The van der Waals surface area contributed by atoms with E-state index >= 15 is 0 Å². The molecule has 118 valence electrons. The van der Waals surface area contributed by atoms with Crippen molar-refractivity contribution in [3.05, 3.63) is 35.4 Å². The molecule has 0 aromatic carbocycles. The van der Waals surface area contributed by atoms with Crippen LogP contribution in [0.25, 0.3) is 0 Å². The molecule has 1 aliphatic heterocycles. The maximum absolute atomic E-state index is 12.5. The minimum absolute atomic E-state index is 0.0486.